The van der Waals surface area contributed by atoms with E-state index in [1.54, 1.807) is 0 Å². The van der Waals surface area contributed by atoms with Gasteiger partial charge >= 0.3 is 0 Å². The van der Waals surface area contributed by atoms with Gasteiger partial charge in [0.05, 0.1) is 16.8 Å². The van der Waals surface area contributed by atoms with Crippen molar-refractivity contribution in [2.24, 2.45) is 5.92 Å². The van der Waals surface area contributed by atoms with Crippen LogP contribution in [0.5, 0.6) is 0 Å². The Morgan fingerprint density at radius 2 is 1.56 bits per heavy atom. The SMILES string of the molecule is Cc1cc(-c2ccccc2)nc2oc3c(-c4cc(C(C)C(C)C)ccn4)ccc(C)c3c12. The number of furan rings is 1. The van der Waals surface area contributed by atoms with Gasteiger partial charge in [0.2, 0.25) is 5.71 Å². The summed E-state index contributed by atoms with van der Waals surface area (Å²) in [7, 11) is 0. The lowest BCUT2D eigenvalue weighted by molar-refractivity contribution is 0.535. The summed E-state index contributed by atoms with van der Waals surface area (Å²) >= 11 is 0. The fraction of sp³-hybridized carbons (Fsp3) is 0.241. The van der Waals surface area contributed by atoms with Gasteiger partial charge < -0.3 is 4.42 Å². The van der Waals surface area contributed by atoms with Gasteiger partial charge in [-0.05, 0) is 66.6 Å². The Balaban J connectivity index is 1.74. The van der Waals surface area contributed by atoms with E-state index in [2.05, 4.69) is 77.1 Å². The fourth-order valence-corrected chi connectivity index (χ4v) is 4.44. The number of hydrogen-bond acceptors (Lipinski definition) is 3. The molecule has 0 aliphatic rings. The molecular formula is C29H28N2O. The smallest absolute Gasteiger partial charge is 0.228 e. The molecule has 0 spiro atoms. The zero-order valence-electron chi connectivity index (χ0n) is 19.3. The molecule has 3 heteroatoms. The molecule has 0 aliphatic heterocycles. The Morgan fingerprint density at radius 1 is 0.781 bits per heavy atom. The van der Waals surface area contributed by atoms with Crippen molar-refractivity contribution in [1.82, 2.24) is 9.97 Å². The normalized spacial score (nSPS) is 12.7. The van der Waals surface area contributed by atoms with E-state index < -0.39 is 0 Å². The van der Waals surface area contributed by atoms with Crippen molar-refractivity contribution < 1.29 is 4.42 Å². The number of aromatic nitrogens is 2. The Kier molecular flexibility index (Phi) is 5.05. The minimum atomic E-state index is 0.464. The third-order valence-electron chi connectivity index (χ3n) is 6.65. The van der Waals surface area contributed by atoms with E-state index in [4.69, 9.17) is 14.4 Å². The molecule has 0 aliphatic carbocycles. The molecule has 0 saturated carbocycles. The van der Waals surface area contributed by atoms with Crippen LogP contribution < -0.4 is 0 Å². The number of pyridine rings is 2. The first-order valence-corrected chi connectivity index (χ1v) is 11.3. The van der Waals surface area contributed by atoms with E-state index in [0.29, 0.717) is 17.5 Å². The topological polar surface area (TPSA) is 38.9 Å². The molecule has 1 unspecified atom stereocenters. The van der Waals surface area contributed by atoms with Crippen molar-refractivity contribution in [1.29, 1.82) is 0 Å². The van der Waals surface area contributed by atoms with Crippen LogP contribution in [0.25, 0.3) is 44.6 Å². The summed E-state index contributed by atoms with van der Waals surface area (Å²) in [6, 6.07) is 21.0. The predicted octanol–water partition coefficient (Wildman–Crippen LogP) is 8.09. The fourth-order valence-electron chi connectivity index (χ4n) is 4.44. The van der Waals surface area contributed by atoms with Gasteiger partial charge in [-0.1, -0.05) is 57.2 Å². The van der Waals surface area contributed by atoms with Crippen molar-refractivity contribution >= 4 is 22.1 Å². The highest BCUT2D eigenvalue weighted by atomic mass is 16.3. The van der Waals surface area contributed by atoms with Gasteiger partial charge in [0, 0.05) is 22.7 Å². The molecular weight excluding hydrogens is 392 g/mol. The van der Waals surface area contributed by atoms with Gasteiger partial charge in [-0.2, -0.15) is 0 Å². The molecule has 5 rings (SSSR count). The second-order valence-corrected chi connectivity index (χ2v) is 9.11. The van der Waals surface area contributed by atoms with Crippen molar-refractivity contribution in [3.05, 3.63) is 83.6 Å². The summed E-state index contributed by atoms with van der Waals surface area (Å²) < 4.78 is 6.46. The number of aryl methyl sites for hydroxylation is 2. The lowest BCUT2D eigenvalue weighted by Gasteiger charge is -2.16. The van der Waals surface area contributed by atoms with Crippen LogP contribution in [0, 0.1) is 19.8 Å². The maximum absolute atomic E-state index is 6.46. The van der Waals surface area contributed by atoms with E-state index in [0.717, 1.165) is 38.9 Å². The summed E-state index contributed by atoms with van der Waals surface area (Å²) in [4.78, 5) is 9.61. The number of nitrogens with zero attached hydrogens (tertiary/aromatic N) is 2. The molecule has 3 aromatic heterocycles. The van der Waals surface area contributed by atoms with Crippen LogP contribution in [0.4, 0.5) is 0 Å². The Hall–Kier alpha value is -3.46. The van der Waals surface area contributed by atoms with E-state index in [9.17, 15) is 0 Å². The van der Waals surface area contributed by atoms with Gasteiger partial charge in [-0.25, -0.2) is 4.98 Å². The van der Waals surface area contributed by atoms with Gasteiger partial charge in [0.1, 0.15) is 5.58 Å². The Bertz CT molecular complexity index is 1430. The van der Waals surface area contributed by atoms with Crippen molar-refractivity contribution in [3.8, 4) is 22.5 Å². The van der Waals surface area contributed by atoms with Crippen LogP contribution in [0.2, 0.25) is 0 Å². The van der Waals surface area contributed by atoms with Crippen LogP contribution in [-0.4, -0.2) is 9.97 Å². The van der Waals surface area contributed by atoms with E-state index >= 15 is 0 Å². The summed E-state index contributed by atoms with van der Waals surface area (Å²) in [6.45, 7) is 11.1. The average molecular weight is 421 g/mol. The molecule has 0 radical (unpaired) electrons. The molecule has 2 aromatic carbocycles. The molecule has 0 bridgehead atoms. The molecule has 0 saturated heterocycles. The number of fused-ring (bicyclic) bond motifs is 3. The third-order valence-corrected chi connectivity index (χ3v) is 6.65. The highest BCUT2D eigenvalue weighted by Crippen LogP contribution is 2.39. The standard InChI is InChI=1S/C29H28N2O/c1-17(2)20(5)22-13-14-30-25(16-22)23-12-11-18(3)26-27-19(4)15-24(21-9-7-6-8-10-21)31-29(27)32-28(23)26/h6-17,20H,1-5H3. The van der Waals surface area contributed by atoms with Gasteiger partial charge in [-0.3, -0.25) is 4.98 Å². The predicted molar refractivity (Wildman–Crippen MR) is 133 cm³/mol. The van der Waals surface area contributed by atoms with Gasteiger partial charge in [-0.15, -0.1) is 0 Å². The molecule has 5 aromatic rings. The van der Waals surface area contributed by atoms with Crippen LogP contribution in [-0.2, 0) is 0 Å². The number of benzene rings is 2. The summed E-state index contributed by atoms with van der Waals surface area (Å²) in [5.74, 6) is 1.03. The van der Waals surface area contributed by atoms with E-state index in [1.165, 1.54) is 16.7 Å². The molecule has 160 valence electrons. The third kappa shape index (κ3) is 3.38. The first kappa shape index (κ1) is 20.4. The monoisotopic (exact) mass is 420 g/mol. The molecule has 0 amide bonds. The first-order chi connectivity index (χ1) is 15.4. The quantitative estimate of drug-likeness (QED) is 0.295. The average Bonchev–Trinajstić information content (AvgIpc) is 3.20. The van der Waals surface area contributed by atoms with Crippen molar-refractivity contribution in [3.63, 3.8) is 0 Å². The molecule has 0 fully saturated rings. The van der Waals surface area contributed by atoms with E-state index in [1.807, 2.05) is 24.4 Å². The highest BCUT2D eigenvalue weighted by Gasteiger charge is 2.19. The van der Waals surface area contributed by atoms with Crippen LogP contribution in [0.1, 0.15) is 43.4 Å². The van der Waals surface area contributed by atoms with Gasteiger partial charge in [0.15, 0.2) is 0 Å². The van der Waals surface area contributed by atoms with Crippen LogP contribution >= 0.6 is 0 Å². The molecule has 0 N–H and O–H groups in total. The zero-order chi connectivity index (χ0) is 22.4. The second-order valence-electron chi connectivity index (χ2n) is 9.11. The summed E-state index contributed by atoms with van der Waals surface area (Å²) in [5, 5.41) is 2.22. The van der Waals surface area contributed by atoms with Crippen molar-refractivity contribution in [2.75, 3.05) is 0 Å². The molecule has 32 heavy (non-hydrogen) atoms. The van der Waals surface area contributed by atoms with Crippen LogP contribution in [0.15, 0.2) is 71.3 Å². The lowest BCUT2D eigenvalue weighted by Crippen LogP contribution is -2.02. The second kappa shape index (κ2) is 7.90. The maximum atomic E-state index is 6.46. The minimum Gasteiger partial charge on any atom is -0.437 e. The Morgan fingerprint density at radius 3 is 2.31 bits per heavy atom. The zero-order valence-corrected chi connectivity index (χ0v) is 19.3. The summed E-state index contributed by atoms with van der Waals surface area (Å²) in [5.41, 5.74) is 9.18. The number of rotatable bonds is 4. The maximum Gasteiger partial charge on any atom is 0.228 e. The molecule has 3 heterocycles. The number of hydrogen-bond donors (Lipinski definition) is 0. The highest BCUT2D eigenvalue weighted by molar-refractivity contribution is 6.11. The van der Waals surface area contributed by atoms with Crippen LogP contribution in [0.3, 0.4) is 0 Å². The van der Waals surface area contributed by atoms with E-state index in [-0.39, 0.29) is 0 Å². The molecule has 3 nitrogen and oxygen atoms in total. The first-order valence-electron chi connectivity index (χ1n) is 11.3. The summed E-state index contributed by atoms with van der Waals surface area (Å²) in [6.07, 6.45) is 1.91. The lowest BCUT2D eigenvalue weighted by atomic mass is 9.90. The van der Waals surface area contributed by atoms with Crippen molar-refractivity contribution in [2.45, 2.75) is 40.5 Å². The minimum absolute atomic E-state index is 0.464. The van der Waals surface area contributed by atoms with Gasteiger partial charge in [0.25, 0.3) is 0 Å². The largest absolute Gasteiger partial charge is 0.437 e. The Labute approximate surface area is 189 Å². The molecule has 1 atom stereocenters.